The van der Waals surface area contributed by atoms with E-state index in [0.717, 1.165) is 16.3 Å². The van der Waals surface area contributed by atoms with Crippen LogP contribution in [0.25, 0.3) is 26.2 Å². The zero-order chi connectivity index (χ0) is 14.4. The Balaban J connectivity index is 2.19. The summed E-state index contributed by atoms with van der Waals surface area (Å²) in [7, 11) is 0. The summed E-state index contributed by atoms with van der Waals surface area (Å²) in [6.45, 7) is 12.5. The zero-order valence-corrected chi connectivity index (χ0v) is 13.8. The third-order valence-electron chi connectivity index (χ3n) is 3.40. The summed E-state index contributed by atoms with van der Waals surface area (Å²) in [5.41, 5.74) is 4.72. The van der Waals surface area contributed by atoms with Crippen LogP contribution in [0.15, 0.2) is 24.8 Å². The first-order valence-corrected chi connectivity index (χ1v) is 8.23. The maximum absolute atomic E-state index is 4.72. The molecule has 0 atom stereocenters. The van der Waals surface area contributed by atoms with Crippen molar-refractivity contribution in [2.45, 2.75) is 27.7 Å². The molecule has 2 heterocycles. The summed E-state index contributed by atoms with van der Waals surface area (Å²) >= 11 is 3.59. The van der Waals surface area contributed by atoms with Crippen molar-refractivity contribution < 1.29 is 0 Å². The van der Waals surface area contributed by atoms with E-state index < -0.39 is 0 Å². The summed E-state index contributed by atoms with van der Waals surface area (Å²) in [6, 6.07) is 6.78. The molecule has 0 unspecified atom stereocenters. The Hall–Kier alpha value is -1.45. The predicted molar refractivity (Wildman–Crippen MR) is 91.9 cm³/mol. The lowest BCUT2D eigenvalue weighted by molar-refractivity contribution is 1.25. The van der Waals surface area contributed by atoms with Gasteiger partial charge in [0.25, 0.3) is 0 Å². The maximum atomic E-state index is 4.72. The van der Waals surface area contributed by atoms with Crippen LogP contribution in [-0.2, 0) is 0 Å². The second kappa shape index (κ2) is 4.83. The van der Waals surface area contributed by atoms with Gasteiger partial charge < -0.3 is 0 Å². The molecule has 0 radical (unpaired) electrons. The number of fused-ring (bicyclic) bond motifs is 1. The van der Waals surface area contributed by atoms with Crippen LogP contribution in [0.2, 0.25) is 0 Å². The third kappa shape index (κ3) is 2.21. The molecule has 1 nitrogen and oxygen atoms in total. The molecule has 3 aromatic rings. The second-order valence-electron chi connectivity index (χ2n) is 5.28. The molecular weight excluding hydrogens is 282 g/mol. The van der Waals surface area contributed by atoms with Crippen LogP contribution in [0.1, 0.15) is 27.9 Å². The fourth-order valence-corrected chi connectivity index (χ4v) is 4.50. The molecule has 3 heteroatoms. The van der Waals surface area contributed by atoms with E-state index in [2.05, 4.69) is 45.5 Å². The van der Waals surface area contributed by atoms with E-state index in [-0.39, 0.29) is 0 Å². The van der Waals surface area contributed by atoms with Crippen molar-refractivity contribution >= 4 is 38.3 Å². The minimum absolute atomic E-state index is 1.08. The van der Waals surface area contributed by atoms with Gasteiger partial charge in [-0.15, -0.1) is 22.7 Å². The first kappa shape index (κ1) is 13.5. The van der Waals surface area contributed by atoms with E-state index >= 15 is 0 Å². The highest BCUT2D eigenvalue weighted by molar-refractivity contribution is 7.19. The normalized spacial score (nSPS) is 11.2. The van der Waals surface area contributed by atoms with Gasteiger partial charge >= 0.3 is 0 Å². The van der Waals surface area contributed by atoms with Crippen molar-refractivity contribution in [3.8, 4) is 10.6 Å². The quantitative estimate of drug-likeness (QED) is 0.567. The van der Waals surface area contributed by atoms with Crippen molar-refractivity contribution in [1.82, 2.24) is 4.98 Å². The van der Waals surface area contributed by atoms with E-state index in [1.807, 2.05) is 18.3 Å². The molecule has 0 spiro atoms. The second-order valence-corrected chi connectivity index (χ2v) is 7.56. The van der Waals surface area contributed by atoms with Crippen LogP contribution in [0, 0.1) is 20.8 Å². The third-order valence-corrected chi connectivity index (χ3v) is 5.76. The van der Waals surface area contributed by atoms with Crippen molar-refractivity contribution in [3.05, 3.63) is 45.8 Å². The Bertz CT molecular complexity index is 821. The fourth-order valence-electron chi connectivity index (χ4n) is 2.48. The van der Waals surface area contributed by atoms with Crippen molar-refractivity contribution in [1.29, 1.82) is 0 Å². The number of rotatable bonds is 2. The summed E-state index contributed by atoms with van der Waals surface area (Å²) < 4.78 is 1.35. The Kier molecular flexibility index (Phi) is 3.27. The number of thiophene rings is 1. The van der Waals surface area contributed by atoms with Crippen LogP contribution < -0.4 is 0 Å². The highest BCUT2D eigenvalue weighted by Gasteiger charge is 2.12. The van der Waals surface area contributed by atoms with Gasteiger partial charge in [-0.25, -0.2) is 4.98 Å². The smallest absolute Gasteiger partial charge is 0.124 e. The highest BCUT2D eigenvalue weighted by Crippen LogP contribution is 2.36. The molecular formula is C17H17NS2. The monoisotopic (exact) mass is 299 g/mol. The Labute approximate surface area is 127 Å². The molecule has 0 saturated heterocycles. The molecule has 3 rings (SSSR count). The van der Waals surface area contributed by atoms with Gasteiger partial charge in [0.15, 0.2) is 0 Å². The highest BCUT2D eigenvalue weighted by atomic mass is 32.1. The van der Waals surface area contributed by atoms with Crippen LogP contribution in [0.3, 0.4) is 0 Å². The summed E-state index contributed by atoms with van der Waals surface area (Å²) in [5, 5.41) is 2.46. The molecule has 0 bridgehead atoms. The van der Waals surface area contributed by atoms with Crippen molar-refractivity contribution in [2.24, 2.45) is 0 Å². The van der Waals surface area contributed by atoms with E-state index in [4.69, 9.17) is 4.98 Å². The number of thiazole rings is 1. The lowest BCUT2D eigenvalue weighted by Crippen LogP contribution is -1.80. The lowest BCUT2D eigenvalue weighted by Gasteiger charge is -2.01. The molecule has 2 aromatic heterocycles. The van der Waals surface area contributed by atoms with E-state index in [0.29, 0.717) is 0 Å². The Morgan fingerprint density at radius 1 is 1.10 bits per heavy atom. The van der Waals surface area contributed by atoms with Crippen LogP contribution in [0.4, 0.5) is 0 Å². The number of nitrogens with zero attached hydrogens (tertiary/aromatic N) is 1. The van der Waals surface area contributed by atoms with Crippen LogP contribution in [0.5, 0.6) is 0 Å². The summed E-state index contributed by atoms with van der Waals surface area (Å²) in [5.74, 6) is 0. The molecule has 0 amide bonds. The van der Waals surface area contributed by atoms with Gasteiger partial charge in [0.05, 0.1) is 10.6 Å². The molecule has 0 aliphatic carbocycles. The largest absolute Gasteiger partial charge is 0.241 e. The zero-order valence-electron chi connectivity index (χ0n) is 12.2. The van der Waals surface area contributed by atoms with E-state index in [1.165, 1.54) is 31.0 Å². The molecule has 0 aliphatic heterocycles. The number of hydrogen-bond donors (Lipinski definition) is 0. The van der Waals surface area contributed by atoms with Crippen LogP contribution in [-0.4, -0.2) is 4.98 Å². The molecule has 0 saturated carbocycles. The Morgan fingerprint density at radius 3 is 2.50 bits per heavy atom. The minimum Gasteiger partial charge on any atom is -0.241 e. The standard InChI is InChI=1S/C17H17NS2/c1-9(2)16-12(5)18-17(20-16)13-6-10(3)14-7-11(4)19-15(14)8-13/h6-8H,1H2,2-5H3. The summed E-state index contributed by atoms with van der Waals surface area (Å²) in [6.07, 6.45) is 0. The topological polar surface area (TPSA) is 12.9 Å². The number of benzene rings is 1. The van der Waals surface area contributed by atoms with Gasteiger partial charge in [-0.05, 0) is 62.4 Å². The van der Waals surface area contributed by atoms with Gasteiger partial charge in [0.1, 0.15) is 5.01 Å². The minimum atomic E-state index is 1.08. The Morgan fingerprint density at radius 2 is 1.85 bits per heavy atom. The van der Waals surface area contributed by atoms with Crippen molar-refractivity contribution in [2.75, 3.05) is 0 Å². The molecule has 0 fully saturated rings. The fraction of sp³-hybridized carbons (Fsp3) is 0.235. The maximum Gasteiger partial charge on any atom is 0.124 e. The molecule has 0 aliphatic rings. The number of aromatic nitrogens is 1. The van der Waals surface area contributed by atoms with Crippen LogP contribution >= 0.6 is 22.7 Å². The van der Waals surface area contributed by atoms with E-state index in [1.54, 1.807) is 11.3 Å². The first-order valence-electron chi connectivity index (χ1n) is 6.60. The number of hydrogen-bond acceptors (Lipinski definition) is 3. The molecule has 1 aromatic carbocycles. The average Bonchev–Trinajstić information content (AvgIpc) is 2.92. The van der Waals surface area contributed by atoms with Gasteiger partial charge in [0, 0.05) is 15.1 Å². The van der Waals surface area contributed by atoms with Gasteiger partial charge in [-0.1, -0.05) is 6.58 Å². The average molecular weight is 299 g/mol. The number of allylic oxidation sites excluding steroid dienone is 1. The molecule has 0 N–H and O–H groups in total. The first-order chi connectivity index (χ1) is 9.45. The predicted octanol–water partition coefficient (Wildman–Crippen LogP) is 5.98. The van der Waals surface area contributed by atoms with Gasteiger partial charge in [-0.3, -0.25) is 0 Å². The van der Waals surface area contributed by atoms with Gasteiger partial charge in [-0.2, -0.15) is 0 Å². The number of aryl methyl sites for hydroxylation is 3. The SMILES string of the molecule is C=C(C)c1sc(-c2cc(C)c3cc(C)sc3c2)nc1C. The lowest BCUT2D eigenvalue weighted by atomic mass is 10.1. The molecule has 102 valence electrons. The van der Waals surface area contributed by atoms with E-state index in [9.17, 15) is 0 Å². The molecule has 20 heavy (non-hydrogen) atoms. The van der Waals surface area contributed by atoms with Crippen molar-refractivity contribution in [3.63, 3.8) is 0 Å². The summed E-state index contributed by atoms with van der Waals surface area (Å²) in [4.78, 5) is 7.29. The van der Waals surface area contributed by atoms with Gasteiger partial charge in [0.2, 0.25) is 0 Å².